The summed E-state index contributed by atoms with van der Waals surface area (Å²) in [5.41, 5.74) is 0.905. The molecule has 0 saturated heterocycles. The first-order valence-corrected chi connectivity index (χ1v) is 6.64. The monoisotopic (exact) mass is 279 g/mol. The van der Waals surface area contributed by atoms with Crippen LogP contribution in [0.2, 0.25) is 0 Å². The van der Waals surface area contributed by atoms with E-state index in [9.17, 15) is 9.59 Å². The molecule has 0 fully saturated rings. The van der Waals surface area contributed by atoms with E-state index in [2.05, 4.69) is 10.3 Å². The summed E-state index contributed by atoms with van der Waals surface area (Å²) in [6, 6.07) is 2.90. The van der Waals surface area contributed by atoms with Crippen LogP contribution >= 0.6 is 0 Å². The minimum absolute atomic E-state index is 0.0669. The van der Waals surface area contributed by atoms with Gasteiger partial charge in [-0.3, -0.25) is 9.78 Å². The van der Waals surface area contributed by atoms with Gasteiger partial charge < -0.3 is 15.3 Å². The van der Waals surface area contributed by atoms with Crippen molar-refractivity contribution in [2.45, 2.75) is 39.3 Å². The molecule has 0 aromatic carbocycles. The van der Waals surface area contributed by atoms with Crippen LogP contribution in [0, 0.1) is 0 Å². The Balaban J connectivity index is 2.65. The van der Waals surface area contributed by atoms with Gasteiger partial charge in [0, 0.05) is 25.0 Å². The SMILES string of the molecule is CCN(C(=O)NC(C)c1cccnc1)C(C)CC(=O)O. The van der Waals surface area contributed by atoms with Gasteiger partial charge in [-0.05, 0) is 32.4 Å². The molecule has 1 aromatic rings. The average Bonchev–Trinajstić information content (AvgIpc) is 2.39. The number of carbonyl (C=O) groups is 2. The molecular formula is C14H21N3O3. The molecule has 6 nitrogen and oxygen atoms in total. The molecule has 0 aliphatic rings. The molecule has 2 unspecified atom stereocenters. The van der Waals surface area contributed by atoms with Gasteiger partial charge in [0.1, 0.15) is 0 Å². The molecule has 0 spiro atoms. The van der Waals surface area contributed by atoms with Crippen LogP contribution in [0.15, 0.2) is 24.5 Å². The molecule has 110 valence electrons. The van der Waals surface area contributed by atoms with Crippen LogP contribution in [-0.2, 0) is 4.79 Å². The number of aromatic nitrogens is 1. The number of carboxylic acid groups (broad SMARTS) is 1. The van der Waals surface area contributed by atoms with Crippen molar-refractivity contribution in [3.63, 3.8) is 0 Å². The quantitative estimate of drug-likeness (QED) is 0.834. The molecular weight excluding hydrogens is 258 g/mol. The van der Waals surface area contributed by atoms with Crippen LogP contribution < -0.4 is 5.32 Å². The summed E-state index contributed by atoms with van der Waals surface area (Å²) in [6.07, 6.45) is 3.30. The molecule has 1 heterocycles. The second kappa shape index (κ2) is 7.47. The molecule has 0 aliphatic heterocycles. The maximum atomic E-state index is 12.2. The van der Waals surface area contributed by atoms with Gasteiger partial charge in [0.05, 0.1) is 12.5 Å². The molecule has 2 atom stereocenters. The minimum Gasteiger partial charge on any atom is -0.481 e. The largest absolute Gasteiger partial charge is 0.481 e. The van der Waals surface area contributed by atoms with E-state index in [4.69, 9.17) is 5.11 Å². The van der Waals surface area contributed by atoms with E-state index >= 15 is 0 Å². The van der Waals surface area contributed by atoms with Crippen LogP contribution in [0.4, 0.5) is 4.79 Å². The number of carbonyl (C=O) groups excluding carboxylic acids is 1. The third-order valence-electron chi connectivity index (χ3n) is 3.13. The van der Waals surface area contributed by atoms with Gasteiger partial charge in [0.15, 0.2) is 0 Å². The topological polar surface area (TPSA) is 82.5 Å². The Morgan fingerprint density at radius 3 is 2.65 bits per heavy atom. The molecule has 0 saturated carbocycles. The Labute approximate surface area is 118 Å². The zero-order valence-electron chi connectivity index (χ0n) is 12.0. The summed E-state index contributed by atoms with van der Waals surface area (Å²) in [4.78, 5) is 28.4. The second-order valence-electron chi connectivity index (χ2n) is 4.69. The molecule has 6 heteroatoms. The average molecular weight is 279 g/mol. The number of nitrogens with zero attached hydrogens (tertiary/aromatic N) is 2. The first kappa shape index (κ1) is 15.9. The number of rotatable bonds is 6. The summed E-state index contributed by atoms with van der Waals surface area (Å²) < 4.78 is 0. The number of hydrogen-bond donors (Lipinski definition) is 2. The lowest BCUT2D eigenvalue weighted by molar-refractivity contribution is -0.138. The van der Waals surface area contributed by atoms with Crippen LogP contribution in [0.25, 0.3) is 0 Å². The van der Waals surface area contributed by atoms with E-state index in [0.717, 1.165) is 5.56 Å². The number of aliphatic carboxylic acids is 1. The highest BCUT2D eigenvalue weighted by molar-refractivity contribution is 5.76. The van der Waals surface area contributed by atoms with E-state index in [0.29, 0.717) is 6.54 Å². The highest BCUT2D eigenvalue weighted by Crippen LogP contribution is 2.12. The smallest absolute Gasteiger partial charge is 0.318 e. The van der Waals surface area contributed by atoms with Gasteiger partial charge in [-0.1, -0.05) is 6.07 Å². The summed E-state index contributed by atoms with van der Waals surface area (Å²) in [6.45, 7) is 5.88. The first-order chi connectivity index (χ1) is 9.45. The highest BCUT2D eigenvalue weighted by Gasteiger charge is 2.22. The van der Waals surface area contributed by atoms with Gasteiger partial charge in [-0.25, -0.2) is 4.79 Å². The van der Waals surface area contributed by atoms with Crippen LogP contribution in [0.3, 0.4) is 0 Å². The molecule has 1 rings (SSSR count). The fourth-order valence-corrected chi connectivity index (χ4v) is 2.00. The van der Waals surface area contributed by atoms with E-state index in [1.807, 2.05) is 26.0 Å². The zero-order chi connectivity index (χ0) is 15.1. The number of pyridine rings is 1. The summed E-state index contributed by atoms with van der Waals surface area (Å²) in [7, 11) is 0. The van der Waals surface area contributed by atoms with Crippen LogP contribution in [0.1, 0.15) is 38.8 Å². The van der Waals surface area contributed by atoms with E-state index in [-0.39, 0.29) is 24.5 Å². The third kappa shape index (κ3) is 4.53. The lowest BCUT2D eigenvalue weighted by Gasteiger charge is -2.28. The number of nitrogens with one attached hydrogen (secondary N) is 1. The van der Waals surface area contributed by atoms with Crippen molar-refractivity contribution in [3.05, 3.63) is 30.1 Å². The van der Waals surface area contributed by atoms with E-state index < -0.39 is 5.97 Å². The van der Waals surface area contributed by atoms with Crippen molar-refractivity contribution in [1.82, 2.24) is 15.2 Å². The molecule has 0 aliphatic carbocycles. The molecule has 1 aromatic heterocycles. The molecule has 0 radical (unpaired) electrons. The maximum Gasteiger partial charge on any atom is 0.318 e. The molecule has 2 N–H and O–H groups in total. The third-order valence-corrected chi connectivity index (χ3v) is 3.13. The molecule has 2 amide bonds. The summed E-state index contributed by atoms with van der Waals surface area (Å²) in [5.74, 6) is -0.913. The first-order valence-electron chi connectivity index (χ1n) is 6.64. The fraction of sp³-hybridized carbons (Fsp3) is 0.500. The molecule has 0 bridgehead atoms. The zero-order valence-corrected chi connectivity index (χ0v) is 12.0. The Kier molecular flexibility index (Phi) is 5.96. The van der Waals surface area contributed by atoms with Crippen molar-refractivity contribution in [2.75, 3.05) is 6.54 Å². The predicted molar refractivity (Wildman–Crippen MR) is 75.3 cm³/mol. The summed E-state index contributed by atoms with van der Waals surface area (Å²) in [5, 5.41) is 11.7. The number of hydrogen-bond acceptors (Lipinski definition) is 3. The van der Waals surface area contributed by atoms with E-state index in [1.54, 1.807) is 19.3 Å². The van der Waals surface area contributed by atoms with E-state index in [1.165, 1.54) is 4.90 Å². The van der Waals surface area contributed by atoms with Crippen molar-refractivity contribution in [2.24, 2.45) is 0 Å². The minimum atomic E-state index is -0.913. The normalized spacial score (nSPS) is 13.3. The standard InChI is InChI=1S/C14H21N3O3/c1-4-17(10(2)8-13(18)19)14(20)16-11(3)12-6-5-7-15-9-12/h5-7,9-11H,4,8H2,1-3H3,(H,16,20)(H,18,19). The lowest BCUT2D eigenvalue weighted by atomic mass is 10.1. The Bertz CT molecular complexity index is 450. The van der Waals surface area contributed by atoms with Crippen LogP contribution in [-0.4, -0.2) is 39.6 Å². The Morgan fingerprint density at radius 1 is 1.45 bits per heavy atom. The molecule has 20 heavy (non-hydrogen) atoms. The van der Waals surface area contributed by atoms with Crippen molar-refractivity contribution in [3.8, 4) is 0 Å². The predicted octanol–water partition coefficient (Wildman–Crippen LogP) is 2.04. The Morgan fingerprint density at radius 2 is 2.15 bits per heavy atom. The van der Waals surface area contributed by atoms with Crippen molar-refractivity contribution in [1.29, 1.82) is 0 Å². The van der Waals surface area contributed by atoms with Crippen molar-refractivity contribution < 1.29 is 14.7 Å². The summed E-state index contributed by atoms with van der Waals surface area (Å²) >= 11 is 0. The Hall–Kier alpha value is -2.11. The lowest BCUT2D eigenvalue weighted by Crippen LogP contribution is -2.46. The van der Waals surface area contributed by atoms with Gasteiger partial charge in [-0.15, -0.1) is 0 Å². The number of carboxylic acids is 1. The van der Waals surface area contributed by atoms with Gasteiger partial charge in [-0.2, -0.15) is 0 Å². The number of urea groups is 1. The fourth-order valence-electron chi connectivity index (χ4n) is 2.00. The second-order valence-corrected chi connectivity index (χ2v) is 4.69. The highest BCUT2D eigenvalue weighted by atomic mass is 16.4. The van der Waals surface area contributed by atoms with Crippen molar-refractivity contribution >= 4 is 12.0 Å². The van der Waals surface area contributed by atoms with Gasteiger partial charge in [0.25, 0.3) is 0 Å². The van der Waals surface area contributed by atoms with Gasteiger partial charge >= 0.3 is 12.0 Å². The maximum absolute atomic E-state index is 12.2. The van der Waals surface area contributed by atoms with Gasteiger partial charge in [0.2, 0.25) is 0 Å². The number of amides is 2. The van der Waals surface area contributed by atoms with Crippen LogP contribution in [0.5, 0.6) is 0 Å².